The minimum atomic E-state index is 0.337. The molecule has 0 aliphatic carbocycles. The Balaban J connectivity index is 1.99. The van der Waals surface area contributed by atoms with Crippen LogP contribution in [-0.4, -0.2) is 32.8 Å². The number of nitrogens with zero attached hydrogens (tertiary/aromatic N) is 1. The van der Waals surface area contributed by atoms with Gasteiger partial charge in [-0.05, 0) is 55.6 Å². The van der Waals surface area contributed by atoms with Gasteiger partial charge in [0.05, 0.1) is 12.2 Å². The Labute approximate surface area is 109 Å². The number of anilines is 1. The third-order valence-electron chi connectivity index (χ3n) is 4.06. The highest BCUT2D eigenvalue weighted by Gasteiger charge is 2.24. The van der Waals surface area contributed by atoms with Crippen LogP contribution in [0.5, 0.6) is 5.75 Å². The van der Waals surface area contributed by atoms with Crippen molar-refractivity contribution < 1.29 is 4.74 Å². The molecule has 2 aliphatic rings. The lowest BCUT2D eigenvalue weighted by atomic mass is 10.00. The Morgan fingerprint density at radius 1 is 1.28 bits per heavy atom. The topological polar surface area (TPSA) is 24.5 Å². The van der Waals surface area contributed by atoms with Gasteiger partial charge in [0, 0.05) is 7.05 Å². The van der Waals surface area contributed by atoms with Crippen molar-refractivity contribution in [2.45, 2.75) is 32.3 Å². The smallest absolute Gasteiger partial charge is 0.143 e. The summed E-state index contributed by atoms with van der Waals surface area (Å²) < 4.78 is 6.10. The molecule has 18 heavy (non-hydrogen) atoms. The zero-order valence-corrected chi connectivity index (χ0v) is 11.3. The van der Waals surface area contributed by atoms with Gasteiger partial charge in [-0.15, -0.1) is 0 Å². The molecule has 0 amide bonds. The Kier molecular flexibility index (Phi) is 3.16. The molecule has 0 saturated heterocycles. The molecule has 3 rings (SSSR count). The van der Waals surface area contributed by atoms with Crippen molar-refractivity contribution in [1.82, 2.24) is 5.32 Å². The van der Waals surface area contributed by atoms with Crippen molar-refractivity contribution in [3.8, 4) is 5.75 Å². The van der Waals surface area contributed by atoms with Crippen molar-refractivity contribution in [3.05, 3.63) is 23.3 Å². The van der Waals surface area contributed by atoms with E-state index in [1.165, 1.54) is 16.8 Å². The Hall–Kier alpha value is -1.22. The zero-order valence-electron chi connectivity index (χ0n) is 11.3. The fourth-order valence-electron chi connectivity index (χ4n) is 2.92. The highest BCUT2D eigenvalue weighted by molar-refractivity contribution is 5.63. The predicted molar refractivity (Wildman–Crippen MR) is 74.7 cm³/mol. The van der Waals surface area contributed by atoms with Crippen molar-refractivity contribution in [1.29, 1.82) is 0 Å². The second-order valence-electron chi connectivity index (χ2n) is 5.37. The Morgan fingerprint density at radius 3 is 2.72 bits per heavy atom. The zero-order chi connectivity index (χ0) is 12.5. The van der Waals surface area contributed by atoms with Crippen molar-refractivity contribution in [2.24, 2.45) is 0 Å². The molecule has 0 fully saturated rings. The van der Waals surface area contributed by atoms with E-state index in [2.05, 4.69) is 36.3 Å². The van der Waals surface area contributed by atoms with Gasteiger partial charge in [-0.1, -0.05) is 6.92 Å². The molecule has 1 atom stereocenters. The average molecular weight is 246 g/mol. The molecule has 1 aromatic carbocycles. The second kappa shape index (κ2) is 4.81. The molecule has 1 N–H and O–H groups in total. The maximum atomic E-state index is 6.10. The fraction of sp³-hybridized carbons (Fsp3) is 0.600. The number of hydrogen-bond donors (Lipinski definition) is 1. The third-order valence-corrected chi connectivity index (χ3v) is 4.06. The summed E-state index contributed by atoms with van der Waals surface area (Å²) in [5.74, 6) is 1.08. The second-order valence-corrected chi connectivity index (χ2v) is 5.37. The van der Waals surface area contributed by atoms with Crippen LogP contribution in [0.4, 0.5) is 5.69 Å². The van der Waals surface area contributed by atoms with E-state index in [-0.39, 0.29) is 0 Å². The van der Waals surface area contributed by atoms with Crippen LogP contribution in [0.1, 0.15) is 24.5 Å². The SMILES string of the molecule is CCC1CN(C)c2cc3c(cc2O1)CCNCC3. The van der Waals surface area contributed by atoms with E-state index in [0.29, 0.717) is 6.10 Å². The molecule has 2 aliphatic heterocycles. The Bertz CT molecular complexity index is 444. The summed E-state index contributed by atoms with van der Waals surface area (Å²) in [6.07, 6.45) is 3.66. The molecule has 0 radical (unpaired) electrons. The highest BCUT2D eigenvalue weighted by Crippen LogP contribution is 2.36. The number of rotatable bonds is 1. The van der Waals surface area contributed by atoms with Gasteiger partial charge in [0.1, 0.15) is 11.9 Å². The van der Waals surface area contributed by atoms with Gasteiger partial charge in [0.2, 0.25) is 0 Å². The molecule has 2 heterocycles. The number of ether oxygens (including phenoxy) is 1. The van der Waals surface area contributed by atoms with Crippen molar-refractivity contribution in [2.75, 3.05) is 31.6 Å². The molecule has 3 heteroatoms. The van der Waals surface area contributed by atoms with Crippen LogP contribution in [-0.2, 0) is 12.8 Å². The lowest BCUT2D eigenvalue weighted by Gasteiger charge is -2.34. The summed E-state index contributed by atoms with van der Waals surface area (Å²) in [4.78, 5) is 2.34. The van der Waals surface area contributed by atoms with E-state index in [1.807, 2.05) is 0 Å². The summed E-state index contributed by atoms with van der Waals surface area (Å²) >= 11 is 0. The molecule has 0 aromatic heterocycles. The standard InChI is InChI=1S/C15H22N2O/c1-3-13-10-17(2)14-8-11-4-6-16-7-5-12(11)9-15(14)18-13/h8-9,13,16H,3-7,10H2,1-2H3. The normalized spacial score (nSPS) is 22.8. The van der Waals surface area contributed by atoms with E-state index in [4.69, 9.17) is 4.74 Å². The average Bonchev–Trinajstić information content (AvgIpc) is 2.61. The first-order chi connectivity index (χ1) is 8.78. The number of benzene rings is 1. The maximum absolute atomic E-state index is 6.10. The molecule has 0 spiro atoms. The maximum Gasteiger partial charge on any atom is 0.143 e. The van der Waals surface area contributed by atoms with E-state index in [1.54, 1.807) is 0 Å². The number of fused-ring (bicyclic) bond motifs is 2. The van der Waals surface area contributed by atoms with Gasteiger partial charge in [0.15, 0.2) is 0 Å². The lowest BCUT2D eigenvalue weighted by molar-refractivity contribution is 0.191. The summed E-state index contributed by atoms with van der Waals surface area (Å²) in [6.45, 7) is 5.37. The summed E-state index contributed by atoms with van der Waals surface area (Å²) in [5.41, 5.74) is 4.22. The van der Waals surface area contributed by atoms with Crippen LogP contribution >= 0.6 is 0 Å². The molecule has 98 valence electrons. The van der Waals surface area contributed by atoms with Crippen molar-refractivity contribution >= 4 is 5.69 Å². The predicted octanol–water partition coefficient (Wildman–Crippen LogP) is 1.98. The largest absolute Gasteiger partial charge is 0.486 e. The number of nitrogens with one attached hydrogen (secondary N) is 1. The fourth-order valence-corrected chi connectivity index (χ4v) is 2.92. The first kappa shape index (κ1) is 11.8. The first-order valence-electron chi connectivity index (χ1n) is 7.02. The minimum Gasteiger partial charge on any atom is -0.486 e. The third kappa shape index (κ3) is 2.07. The highest BCUT2D eigenvalue weighted by atomic mass is 16.5. The number of hydrogen-bond acceptors (Lipinski definition) is 3. The van der Waals surface area contributed by atoms with Gasteiger partial charge < -0.3 is 15.0 Å². The molecule has 0 bridgehead atoms. The van der Waals surface area contributed by atoms with Crippen LogP contribution in [0.25, 0.3) is 0 Å². The number of likely N-dealkylation sites (N-methyl/N-ethyl adjacent to an activating group) is 1. The van der Waals surface area contributed by atoms with Gasteiger partial charge in [-0.3, -0.25) is 0 Å². The van der Waals surface area contributed by atoms with E-state index in [0.717, 1.165) is 44.6 Å². The first-order valence-corrected chi connectivity index (χ1v) is 7.02. The van der Waals surface area contributed by atoms with Gasteiger partial charge in [0.25, 0.3) is 0 Å². The van der Waals surface area contributed by atoms with E-state index >= 15 is 0 Å². The van der Waals surface area contributed by atoms with E-state index < -0.39 is 0 Å². The van der Waals surface area contributed by atoms with Gasteiger partial charge >= 0.3 is 0 Å². The quantitative estimate of drug-likeness (QED) is 0.820. The van der Waals surface area contributed by atoms with Crippen LogP contribution in [0.15, 0.2) is 12.1 Å². The Morgan fingerprint density at radius 2 is 2.00 bits per heavy atom. The van der Waals surface area contributed by atoms with Crippen LogP contribution < -0.4 is 15.0 Å². The van der Waals surface area contributed by atoms with Gasteiger partial charge in [-0.2, -0.15) is 0 Å². The van der Waals surface area contributed by atoms with E-state index in [9.17, 15) is 0 Å². The van der Waals surface area contributed by atoms with Crippen LogP contribution in [0, 0.1) is 0 Å². The summed E-state index contributed by atoms with van der Waals surface area (Å²) in [7, 11) is 2.17. The van der Waals surface area contributed by atoms with Crippen LogP contribution in [0.2, 0.25) is 0 Å². The monoisotopic (exact) mass is 246 g/mol. The molecule has 1 aromatic rings. The lowest BCUT2D eigenvalue weighted by Crippen LogP contribution is -2.37. The molecule has 3 nitrogen and oxygen atoms in total. The molecular weight excluding hydrogens is 224 g/mol. The van der Waals surface area contributed by atoms with Gasteiger partial charge in [-0.25, -0.2) is 0 Å². The summed E-state index contributed by atoms with van der Waals surface area (Å²) in [5, 5.41) is 3.46. The molecular formula is C15H22N2O. The minimum absolute atomic E-state index is 0.337. The molecule has 0 saturated carbocycles. The molecule has 1 unspecified atom stereocenters. The van der Waals surface area contributed by atoms with Crippen molar-refractivity contribution in [3.63, 3.8) is 0 Å². The summed E-state index contributed by atoms with van der Waals surface area (Å²) in [6, 6.07) is 4.61. The van der Waals surface area contributed by atoms with Crippen LogP contribution in [0.3, 0.4) is 0 Å².